The average Bonchev–Trinajstić information content (AvgIpc) is 2.37. The van der Waals surface area contributed by atoms with Crippen LogP contribution in [0.4, 0.5) is 0 Å². The van der Waals surface area contributed by atoms with Crippen LogP contribution in [0.2, 0.25) is 0 Å². The fraction of sp³-hybridized carbons (Fsp3) is 0.875. The minimum absolute atomic E-state index is 0.241. The van der Waals surface area contributed by atoms with Crippen molar-refractivity contribution in [3.05, 3.63) is 0 Å². The number of unbranched alkanes of at least 4 members (excludes halogenated alkanes) is 2. The average molecular weight is 269 g/mol. The predicted molar refractivity (Wildman–Crippen MR) is 80.1 cm³/mol. The first kappa shape index (κ1) is 18.1. The maximum Gasteiger partial charge on any atom is 0.222 e. The van der Waals surface area contributed by atoms with E-state index in [9.17, 15) is 9.59 Å². The quantitative estimate of drug-likeness (QED) is 0.535. The molecule has 112 valence electrons. The molecule has 3 nitrogen and oxygen atoms in total. The Balaban J connectivity index is 3.54. The summed E-state index contributed by atoms with van der Waals surface area (Å²) in [5.74, 6) is 1.28. The summed E-state index contributed by atoms with van der Waals surface area (Å²) in [4.78, 5) is 24.8. The second kappa shape index (κ2) is 11.0. The highest BCUT2D eigenvalue weighted by Crippen LogP contribution is 2.08. The van der Waals surface area contributed by atoms with Crippen LogP contribution in [0.25, 0.3) is 0 Å². The Morgan fingerprint density at radius 3 is 2.21 bits per heavy atom. The van der Waals surface area contributed by atoms with Crippen molar-refractivity contribution in [1.82, 2.24) is 4.90 Å². The van der Waals surface area contributed by atoms with E-state index in [2.05, 4.69) is 13.8 Å². The van der Waals surface area contributed by atoms with Gasteiger partial charge in [-0.05, 0) is 31.6 Å². The zero-order chi connectivity index (χ0) is 14.7. The Morgan fingerprint density at radius 2 is 1.63 bits per heavy atom. The third-order valence-electron chi connectivity index (χ3n) is 3.44. The molecular formula is C16H31NO2. The van der Waals surface area contributed by atoms with Gasteiger partial charge in [-0.15, -0.1) is 0 Å². The van der Waals surface area contributed by atoms with Gasteiger partial charge in [-0.2, -0.15) is 0 Å². The van der Waals surface area contributed by atoms with Crippen molar-refractivity contribution in [2.75, 3.05) is 13.6 Å². The second-order valence-corrected chi connectivity index (χ2v) is 5.80. The summed E-state index contributed by atoms with van der Waals surface area (Å²) in [5, 5.41) is 0. The van der Waals surface area contributed by atoms with E-state index >= 15 is 0 Å². The second-order valence-electron chi connectivity index (χ2n) is 5.80. The highest BCUT2D eigenvalue weighted by Gasteiger charge is 2.08. The van der Waals surface area contributed by atoms with Gasteiger partial charge in [0, 0.05) is 32.9 Å². The van der Waals surface area contributed by atoms with E-state index < -0.39 is 0 Å². The zero-order valence-corrected chi connectivity index (χ0v) is 13.2. The lowest BCUT2D eigenvalue weighted by Crippen LogP contribution is -2.27. The Kier molecular flexibility index (Phi) is 10.5. The first-order valence-corrected chi connectivity index (χ1v) is 7.73. The largest absolute Gasteiger partial charge is 0.346 e. The third-order valence-corrected chi connectivity index (χ3v) is 3.44. The Labute approximate surface area is 118 Å². The van der Waals surface area contributed by atoms with Crippen molar-refractivity contribution < 1.29 is 9.59 Å². The van der Waals surface area contributed by atoms with E-state index in [1.165, 1.54) is 6.42 Å². The number of carbonyl (C=O) groups excluding carboxylic acids is 2. The lowest BCUT2D eigenvalue weighted by Gasteiger charge is -2.17. The minimum Gasteiger partial charge on any atom is -0.346 e. The number of hydrogen-bond acceptors (Lipinski definition) is 2. The molecule has 0 rings (SSSR count). The van der Waals surface area contributed by atoms with Gasteiger partial charge in [-0.25, -0.2) is 0 Å². The van der Waals surface area contributed by atoms with Crippen molar-refractivity contribution in [2.24, 2.45) is 5.92 Å². The van der Waals surface area contributed by atoms with Gasteiger partial charge >= 0.3 is 0 Å². The third kappa shape index (κ3) is 10.7. The minimum atomic E-state index is 0.241. The van der Waals surface area contributed by atoms with E-state index in [1.54, 1.807) is 0 Å². The van der Waals surface area contributed by atoms with E-state index in [4.69, 9.17) is 0 Å². The van der Waals surface area contributed by atoms with Gasteiger partial charge in [0.1, 0.15) is 5.78 Å². The molecule has 0 aliphatic heterocycles. The summed E-state index contributed by atoms with van der Waals surface area (Å²) in [7, 11) is 1.89. The van der Waals surface area contributed by atoms with Crippen molar-refractivity contribution in [3.63, 3.8) is 0 Å². The zero-order valence-electron chi connectivity index (χ0n) is 13.2. The number of rotatable bonds is 11. The molecule has 0 unspecified atom stereocenters. The van der Waals surface area contributed by atoms with E-state index in [-0.39, 0.29) is 5.91 Å². The molecule has 0 aromatic rings. The van der Waals surface area contributed by atoms with Gasteiger partial charge in [0.15, 0.2) is 0 Å². The topological polar surface area (TPSA) is 37.4 Å². The van der Waals surface area contributed by atoms with Gasteiger partial charge < -0.3 is 4.90 Å². The van der Waals surface area contributed by atoms with Crippen LogP contribution in [0.5, 0.6) is 0 Å². The molecule has 0 saturated heterocycles. The van der Waals surface area contributed by atoms with Gasteiger partial charge in [0.05, 0.1) is 0 Å². The Hall–Kier alpha value is -0.860. The van der Waals surface area contributed by atoms with Crippen LogP contribution >= 0.6 is 0 Å². The summed E-state index contributed by atoms with van der Waals surface area (Å²) in [5.41, 5.74) is 0. The molecule has 0 heterocycles. The van der Waals surface area contributed by atoms with Crippen LogP contribution < -0.4 is 0 Å². The SMILES string of the molecule is CCC(=O)CCCCCC(=O)N(C)CCCC(C)C. The van der Waals surface area contributed by atoms with E-state index in [1.807, 2.05) is 18.9 Å². The molecule has 0 aliphatic rings. The number of carbonyl (C=O) groups is 2. The van der Waals surface area contributed by atoms with Crippen molar-refractivity contribution in [3.8, 4) is 0 Å². The van der Waals surface area contributed by atoms with Gasteiger partial charge in [0.25, 0.3) is 0 Å². The Morgan fingerprint density at radius 1 is 1.00 bits per heavy atom. The normalized spacial score (nSPS) is 10.8. The molecule has 0 fully saturated rings. The van der Waals surface area contributed by atoms with Gasteiger partial charge in [0.2, 0.25) is 5.91 Å². The van der Waals surface area contributed by atoms with Crippen molar-refractivity contribution in [2.45, 2.75) is 72.1 Å². The molecular weight excluding hydrogens is 238 g/mol. The molecule has 0 N–H and O–H groups in total. The number of hydrogen-bond donors (Lipinski definition) is 0. The molecule has 0 radical (unpaired) electrons. The van der Waals surface area contributed by atoms with Gasteiger partial charge in [-0.3, -0.25) is 9.59 Å². The van der Waals surface area contributed by atoms with E-state index in [0.29, 0.717) is 31.0 Å². The molecule has 0 spiro atoms. The summed E-state index contributed by atoms with van der Waals surface area (Å²) >= 11 is 0. The molecule has 0 saturated carbocycles. The number of Topliss-reactive ketones (excluding diaryl/α,β-unsaturated/α-hetero) is 1. The first-order valence-electron chi connectivity index (χ1n) is 7.73. The monoisotopic (exact) mass is 269 g/mol. The van der Waals surface area contributed by atoms with Crippen molar-refractivity contribution in [1.29, 1.82) is 0 Å². The van der Waals surface area contributed by atoms with Gasteiger partial charge in [-0.1, -0.05) is 27.2 Å². The highest BCUT2D eigenvalue weighted by atomic mass is 16.2. The standard InChI is InChI=1S/C16H31NO2/c1-5-15(18)11-7-6-8-12-16(19)17(4)13-9-10-14(2)3/h14H,5-13H2,1-4H3. The smallest absolute Gasteiger partial charge is 0.222 e. The first-order chi connectivity index (χ1) is 8.97. The predicted octanol–water partition coefficient (Wildman–Crippen LogP) is 3.81. The van der Waals surface area contributed by atoms with Crippen molar-refractivity contribution >= 4 is 11.7 Å². The van der Waals surface area contributed by atoms with Crippen LogP contribution in [-0.2, 0) is 9.59 Å². The number of nitrogens with zero attached hydrogens (tertiary/aromatic N) is 1. The lowest BCUT2D eigenvalue weighted by atomic mass is 10.1. The van der Waals surface area contributed by atoms with Crippen LogP contribution in [-0.4, -0.2) is 30.2 Å². The molecule has 0 atom stereocenters. The van der Waals surface area contributed by atoms with Crippen LogP contribution in [0, 0.1) is 5.92 Å². The summed E-state index contributed by atoms with van der Waals surface area (Å²) in [6.07, 6.45) is 7.02. The maximum absolute atomic E-state index is 11.8. The molecule has 0 aromatic heterocycles. The van der Waals surface area contributed by atoms with Crippen LogP contribution in [0.15, 0.2) is 0 Å². The Bertz CT molecular complexity index is 261. The van der Waals surface area contributed by atoms with Crippen LogP contribution in [0.3, 0.4) is 0 Å². The number of amides is 1. The highest BCUT2D eigenvalue weighted by molar-refractivity contribution is 5.78. The lowest BCUT2D eigenvalue weighted by molar-refractivity contribution is -0.130. The molecule has 0 aromatic carbocycles. The molecule has 3 heteroatoms. The molecule has 0 bridgehead atoms. The number of ketones is 1. The summed E-state index contributed by atoms with van der Waals surface area (Å²) in [6, 6.07) is 0. The van der Waals surface area contributed by atoms with Crippen LogP contribution in [0.1, 0.15) is 72.1 Å². The molecule has 0 aliphatic carbocycles. The summed E-state index contributed by atoms with van der Waals surface area (Å²) in [6.45, 7) is 7.18. The maximum atomic E-state index is 11.8. The molecule has 19 heavy (non-hydrogen) atoms. The fourth-order valence-electron chi connectivity index (χ4n) is 2.00. The summed E-state index contributed by atoms with van der Waals surface area (Å²) < 4.78 is 0. The van der Waals surface area contributed by atoms with E-state index in [0.717, 1.165) is 32.2 Å². The fourth-order valence-corrected chi connectivity index (χ4v) is 2.00. The molecule has 1 amide bonds.